The second-order valence-corrected chi connectivity index (χ2v) is 16.9. The lowest BCUT2D eigenvalue weighted by Crippen LogP contribution is -2.27. The van der Waals surface area contributed by atoms with Gasteiger partial charge in [0.05, 0.1) is 35.9 Å². The van der Waals surface area contributed by atoms with Crippen LogP contribution in [-0.2, 0) is 41.3 Å². The molecule has 4 aromatic heterocycles. The summed E-state index contributed by atoms with van der Waals surface area (Å²) in [5.41, 5.74) is 4.71. The van der Waals surface area contributed by atoms with Gasteiger partial charge in [-0.3, -0.25) is 14.0 Å². The lowest BCUT2D eigenvalue weighted by molar-refractivity contribution is 0.232. The maximum atomic E-state index is 5.06. The second-order valence-electron chi connectivity index (χ2n) is 16.9. The minimum absolute atomic E-state index is 0.131. The van der Waals surface area contributed by atoms with Gasteiger partial charge in [-0.1, -0.05) is 113 Å². The summed E-state index contributed by atoms with van der Waals surface area (Å²) in [4.78, 5) is 32.3. The van der Waals surface area contributed by atoms with E-state index in [9.17, 15) is 0 Å². The molecule has 0 unspecified atom stereocenters. The maximum absolute atomic E-state index is 5.06. The highest BCUT2D eigenvalue weighted by atomic mass is 15.3. The molecule has 0 aliphatic heterocycles. The van der Waals surface area contributed by atoms with Gasteiger partial charge in [-0.2, -0.15) is 0 Å². The Kier molecular flexibility index (Phi) is 9.49. The first-order chi connectivity index (χ1) is 22.3. The van der Waals surface area contributed by atoms with Crippen molar-refractivity contribution in [1.82, 2.24) is 43.9 Å². The van der Waals surface area contributed by atoms with E-state index in [4.69, 9.17) is 29.9 Å². The fourth-order valence-corrected chi connectivity index (χ4v) is 5.30. The molecule has 48 heavy (non-hydrogen) atoms. The van der Waals surface area contributed by atoms with Gasteiger partial charge >= 0.3 is 0 Å². The van der Waals surface area contributed by atoms with Crippen LogP contribution in [0.3, 0.4) is 0 Å². The van der Waals surface area contributed by atoms with E-state index in [2.05, 4.69) is 124 Å². The molecule has 9 nitrogen and oxygen atoms in total. The molecule has 5 rings (SSSR count). The molecule has 0 N–H and O–H groups in total. The van der Waals surface area contributed by atoms with Crippen molar-refractivity contribution >= 4 is 0 Å². The van der Waals surface area contributed by atoms with Crippen molar-refractivity contribution in [3.63, 3.8) is 0 Å². The molecule has 0 amide bonds. The van der Waals surface area contributed by atoms with Crippen LogP contribution < -0.4 is 0 Å². The molecule has 4 heterocycles. The lowest BCUT2D eigenvalue weighted by atomic mass is 9.86. The van der Waals surface area contributed by atoms with E-state index in [1.807, 2.05) is 40.0 Å². The molecule has 0 saturated carbocycles. The number of hydrogen-bond acceptors (Lipinski definition) is 7. The highest BCUT2D eigenvalue weighted by Gasteiger charge is 2.27. The van der Waals surface area contributed by atoms with E-state index in [-0.39, 0.29) is 21.7 Å². The Morgan fingerprint density at radius 2 is 0.854 bits per heavy atom. The van der Waals surface area contributed by atoms with Gasteiger partial charge < -0.3 is 0 Å². The average Bonchev–Trinajstić information content (AvgIpc) is 3.65. The molecule has 0 saturated heterocycles. The smallest absolute Gasteiger partial charge is 0.235 e. The summed E-state index contributed by atoms with van der Waals surface area (Å²) in [5, 5.41) is 0. The number of aromatic nitrogens is 8. The number of hydrogen-bond donors (Lipinski definition) is 0. The minimum Gasteiger partial charge on any atom is -0.284 e. The Balaban J connectivity index is 1.55. The predicted octanol–water partition coefficient (Wildman–Crippen LogP) is 8.03. The molecule has 0 atom stereocenters. The third-order valence-electron chi connectivity index (χ3n) is 8.35. The molecule has 9 heteroatoms. The fourth-order valence-electron chi connectivity index (χ4n) is 5.30. The van der Waals surface area contributed by atoms with Crippen LogP contribution in [0.15, 0.2) is 67.3 Å². The third kappa shape index (κ3) is 8.24. The van der Waals surface area contributed by atoms with E-state index < -0.39 is 0 Å². The van der Waals surface area contributed by atoms with E-state index in [1.165, 1.54) is 5.56 Å². The Morgan fingerprint density at radius 3 is 1.19 bits per heavy atom. The zero-order chi connectivity index (χ0) is 35.1. The monoisotopic (exact) mass is 647 g/mol. The zero-order valence-corrected chi connectivity index (χ0v) is 31.0. The highest BCUT2D eigenvalue weighted by molar-refractivity contribution is 5.30. The molecule has 0 radical (unpaired) electrons. The Labute approximate surface area is 287 Å². The normalized spacial score (nSPS) is 13.0. The van der Waals surface area contributed by atoms with Crippen LogP contribution in [0.2, 0.25) is 0 Å². The van der Waals surface area contributed by atoms with Crippen molar-refractivity contribution in [2.24, 2.45) is 0 Å². The van der Waals surface area contributed by atoms with Crippen LogP contribution in [-0.4, -0.2) is 43.9 Å². The molecule has 0 bridgehead atoms. The number of benzene rings is 1. The zero-order valence-electron chi connectivity index (χ0n) is 31.0. The van der Waals surface area contributed by atoms with E-state index in [0.717, 1.165) is 34.4 Å². The van der Waals surface area contributed by atoms with Crippen molar-refractivity contribution < 1.29 is 0 Å². The maximum Gasteiger partial charge on any atom is 0.235 e. The van der Waals surface area contributed by atoms with Crippen molar-refractivity contribution in [2.45, 2.75) is 124 Å². The molecule has 0 fully saturated rings. The van der Waals surface area contributed by atoms with Crippen molar-refractivity contribution in [2.75, 3.05) is 0 Å². The highest BCUT2D eigenvalue weighted by Crippen LogP contribution is 2.29. The average molecular weight is 648 g/mol. The topological polar surface area (TPSA) is 90.4 Å². The predicted molar refractivity (Wildman–Crippen MR) is 193 cm³/mol. The largest absolute Gasteiger partial charge is 0.284 e. The summed E-state index contributed by atoms with van der Waals surface area (Å²) < 4.78 is 4.06. The molecular weight excluding hydrogens is 594 g/mol. The second kappa shape index (κ2) is 13.0. The van der Waals surface area contributed by atoms with Gasteiger partial charge in [-0.05, 0) is 17.7 Å². The molecule has 0 spiro atoms. The first-order valence-corrected chi connectivity index (χ1v) is 16.9. The van der Waals surface area contributed by atoms with Crippen LogP contribution in [0, 0.1) is 0 Å². The Bertz CT molecular complexity index is 1660. The SMILES string of the molecule is CC(C)(C)c1cc(C(C)(C)C)nc(-n2ccnc2CN(Cc2ccccc2)Cc2nccn2-c2nc(C(C)(C)C)cc(C(C)(C)C)n2)n1. The van der Waals surface area contributed by atoms with Crippen LogP contribution in [0.5, 0.6) is 0 Å². The summed E-state index contributed by atoms with van der Waals surface area (Å²) in [6.07, 6.45) is 7.59. The first kappa shape index (κ1) is 35.1. The number of rotatable bonds is 8. The van der Waals surface area contributed by atoms with Gasteiger partial charge in [0, 0.05) is 53.0 Å². The molecule has 1 aromatic carbocycles. The fraction of sp³-hybridized carbons (Fsp3) is 0.487. The van der Waals surface area contributed by atoms with Crippen molar-refractivity contribution in [3.05, 3.63) is 107 Å². The first-order valence-electron chi connectivity index (χ1n) is 16.9. The van der Waals surface area contributed by atoms with Gasteiger partial charge in [-0.15, -0.1) is 0 Å². The van der Waals surface area contributed by atoms with E-state index in [1.54, 1.807) is 0 Å². The molecule has 254 valence electrons. The molecule has 0 aliphatic carbocycles. The third-order valence-corrected chi connectivity index (χ3v) is 8.35. The summed E-state index contributed by atoms with van der Waals surface area (Å²) in [5.74, 6) is 3.00. The summed E-state index contributed by atoms with van der Waals surface area (Å²) in [7, 11) is 0. The van der Waals surface area contributed by atoms with Crippen LogP contribution in [0.25, 0.3) is 11.9 Å². The van der Waals surface area contributed by atoms with Crippen LogP contribution in [0.4, 0.5) is 0 Å². The van der Waals surface area contributed by atoms with E-state index >= 15 is 0 Å². The van der Waals surface area contributed by atoms with Gasteiger partial charge in [0.15, 0.2) is 0 Å². The molecular formula is C39H53N9. The van der Waals surface area contributed by atoms with E-state index in [0.29, 0.717) is 31.5 Å². The van der Waals surface area contributed by atoms with Crippen molar-refractivity contribution in [1.29, 1.82) is 0 Å². The van der Waals surface area contributed by atoms with Gasteiger partial charge in [-0.25, -0.2) is 29.9 Å². The standard InChI is InChI=1S/C39H53N9/c1-36(2,3)28-22-29(37(4,5)6)43-34(42-28)47-20-18-40-32(47)25-46(24-27-16-14-13-15-17-27)26-33-41-19-21-48(33)35-44-30(38(7,8)9)23-31(45-35)39(10,11)12/h13-23H,24-26H2,1-12H3. The minimum atomic E-state index is -0.131. The van der Waals surface area contributed by atoms with Gasteiger partial charge in [0.2, 0.25) is 11.9 Å². The summed E-state index contributed by atoms with van der Waals surface area (Å²) in [6.45, 7) is 28.1. The number of imidazole rings is 2. The van der Waals surface area contributed by atoms with Crippen molar-refractivity contribution in [3.8, 4) is 11.9 Å². The van der Waals surface area contributed by atoms with Crippen LogP contribution in [0.1, 0.15) is 123 Å². The van der Waals surface area contributed by atoms with Gasteiger partial charge in [0.1, 0.15) is 11.6 Å². The Morgan fingerprint density at radius 1 is 0.500 bits per heavy atom. The summed E-state index contributed by atoms with van der Waals surface area (Å²) >= 11 is 0. The molecule has 5 aromatic rings. The quantitative estimate of drug-likeness (QED) is 0.168. The van der Waals surface area contributed by atoms with Crippen LogP contribution >= 0.6 is 0 Å². The number of nitrogens with zero attached hydrogens (tertiary/aromatic N) is 9. The summed E-state index contributed by atoms with van der Waals surface area (Å²) in [6, 6.07) is 14.8. The molecule has 0 aliphatic rings. The van der Waals surface area contributed by atoms with Gasteiger partial charge in [0.25, 0.3) is 0 Å². The Hall–Kier alpha value is -4.24. The lowest BCUT2D eigenvalue weighted by Gasteiger charge is -2.26.